The van der Waals surface area contributed by atoms with Crippen LogP contribution in [-0.2, 0) is 16.3 Å². The number of nitrogens with one attached hydrogen (secondary N) is 2. The Morgan fingerprint density at radius 3 is 2.72 bits per heavy atom. The maximum Gasteiger partial charge on any atom is 0.290 e. The molecule has 0 fully saturated rings. The quantitative estimate of drug-likeness (QED) is 0.723. The van der Waals surface area contributed by atoms with Crippen LogP contribution >= 0.6 is 0 Å². The summed E-state index contributed by atoms with van der Waals surface area (Å²) in [7, 11) is -3.06. The minimum atomic E-state index is -3.06. The highest BCUT2D eigenvalue weighted by molar-refractivity contribution is 7.91. The molecule has 1 amide bonds. The zero-order valence-corrected chi connectivity index (χ0v) is 11.4. The molecule has 0 aliphatic carbocycles. The molecule has 1 heterocycles. The summed E-state index contributed by atoms with van der Waals surface area (Å²) in [6.07, 6.45) is 1.63. The lowest BCUT2D eigenvalue weighted by molar-refractivity contribution is 0.0946. The molecule has 0 spiro atoms. The lowest BCUT2D eigenvalue weighted by Crippen LogP contribution is -2.30. The van der Waals surface area contributed by atoms with E-state index in [-0.39, 0.29) is 23.9 Å². The van der Waals surface area contributed by atoms with Gasteiger partial charge in [0.05, 0.1) is 5.75 Å². The molecule has 0 unspecified atom stereocenters. The lowest BCUT2D eigenvalue weighted by Gasteiger charge is -2.02. The Labute approximate surface area is 106 Å². The second kappa shape index (κ2) is 6.48. The maximum absolute atomic E-state index is 11.6. The third-order valence-corrected chi connectivity index (χ3v) is 4.07. The second-order valence-electron chi connectivity index (χ2n) is 3.85. The molecular formula is C10H18N4O3S. The molecule has 8 heteroatoms. The molecule has 0 radical (unpaired) electrons. The first-order valence-electron chi connectivity index (χ1n) is 5.88. The van der Waals surface area contributed by atoms with E-state index in [1.165, 1.54) is 0 Å². The van der Waals surface area contributed by atoms with E-state index in [0.717, 1.165) is 12.8 Å². The van der Waals surface area contributed by atoms with Gasteiger partial charge in [0.15, 0.2) is 9.84 Å². The van der Waals surface area contributed by atoms with E-state index in [2.05, 4.69) is 20.5 Å². The van der Waals surface area contributed by atoms with Crippen LogP contribution in [0.5, 0.6) is 0 Å². The molecule has 102 valence electrons. The van der Waals surface area contributed by atoms with Crippen molar-refractivity contribution >= 4 is 15.7 Å². The first-order chi connectivity index (χ1) is 8.48. The van der Waals surface area contributed by atoms with Crippen molar-refractivity contribution in [2.75, 3.05) is 18.1 Å². The van der Waals surface area contributed by atoms with Crippen LogP contribution in [0.4, 0.5) is 0 Å². The van der Waals surface area contributed by atoms with E-state index in [9.17, 15) is 13.2 Å². The van der Waals surface area contributed by atoms with Crippen LogP contribution in [0.2, 0.25) is 0 Å². The Hall–Kier alpha value is -1.44. The topological polar surface area (TPSA) is 105 Å². The van der Waals surface area contributed by atoms with E-state index >= 15 is 0 Å². The van der Waals surface area contributed by atoms with E-state index < -0.39 is 15.7 Å². The minimum absolute atomic E-state index is 0.0485. The van der Waals surface area contributed by atoms with Crippen LogP contribution in [-0.4, -0.2) is 47.6 Å². The van der Waals surface area contributed by atoms with Gasteiger partial charge in [0, 0.05) is 18.7 Å². The van der Waals surface area contributed by atoms with E-state index in [4.69, 9.17) is 0 Å². The van der Waals surface area contributed by atoms with Gasteiger partial charge in [-0.2, -0.15) is 0 Å². The van der Waals surface area contributed by atoms with Crippen molar-refractivity contribution in [3.8, 4) is 0 Å². The highest BCUT2D eigenvalue weighted by atomic mass is 32.2. The average Bonchev–Trinajstić information content (AvgIpc) is 2.78. The second-order valence-corrected chi connectivity index (χ2v) is 6.32. The number of aromatic nitrogens is 3. The number of nitrogens with zero attached hydrogens (tertiary/aromatic N) is 2. The molecule has 0 aromatic carbocycles. The minimum Gasteiger partial charge on any atom is -0.348 e. The highest BCUT2D eigenvalue weighted by Gasteiger charge is 2.13. The molecule has 2 N–H and O–H groups in total. The van der Waals surface area contributed by atoms with Gasteiger partial charge in [0.1, 0.15) is 5.82 Å². The molecule has 1 aromatic heterocycles. The predicted octanol–water partition coefficient (Wildman–Crippen LogP) is -0.0783. The van der Waals surface area contributed by atoms with E-state index in [1.807, 2.05) is 6.92 Å². The molecule has 0 atom stereocenters. The van der Waals surface area contributed by atoms with Crippen LogP contribution in [0.25, 0.3) is 0 Å². The van der Waals surface area contributed by atoms with Crippen molar-refractivity contribution in [3.63, 3.8) is 0 Å². The third-order valence-electron chi connectivity index (χ3n) is 2.36. The number of hydrogen-bond acceptors (Lipinski definition) is 5. The van der Waals surface area contributed by atoms with Crippen LogP contribution in [0.15, 0.2) is 0 Å². The Balaban J connectivity index is 2.45. The normalized spacial score (nSPS) is 11.4. The van der Waals surface area contributed by atoms with Gasteiger partial charge in [-0.25, -0.2) is 13.4 Å². The summed E-state index contributed by atoms with van der Waals surface area (Å²) >= 11 is 0. The van der Waals surface area contributed by atoms with Crippen LogP contribution in [0, 0.1) is 0 Å². The van der Waals surface area contributed by atoms with Crippen molar-refractivity contribution in [2.24, 2.45) is 0 Å². The number of hydrogen-bond donors (Lipinski definition) is 2. The summed E-state index contributed by atoms with van der Waals surface area (Å²) in [5, 5.41) is 8.92. The highest BCUT2D eigenvalue weighted by Crippen LogP contribution is 1.96. The summed E-state index contributed by atoms with van der Waals surface area (Å²) in [4.78, 5) is 15.6. The van der Waals surface area contributed by atoms with Gasteiger partial charge in [0.25, 0.3) is 5.91 Å². The number of H-pyrrole nitrogens is 1. The summed E-state index contributed by atoms with van der Waals surface area (Å²) in [6, 6.07) is 0. The number of carbonyl (C=O) groups excluding carboxylic acids is 1. The number of amides is 1. The largest absolute Gasteiger partial charge is 0.348 e. The van der Waals surface area contributed by atoms with Crippen molar-refractivity contribution in [3.05, 3.63) is 11.6 Å². The molecule has 1 rings (SSSR count). The summed E-state index contributed by atoms with van der Waals surface area (Å²) in [5.41, 5.74) is 0. The smallest absolute Gasteiger partial charge is 0.290 e. The number of carbonyl (C=O) groups is 1. The van der Waals surface area contributed by atoms with E-state index in [0.29, 0.717) is 5.82 Å². The van der Waals surface area contributed by atoms with Gasteiger partial charge in [-0.05, 0) is 6.42 Å². The Bertz CT molecular complexity index is 495. The summed E-state index contributed by atoms with van der Waals surface area (Å²) < 4.78 is 22.4. The SMILES string of the molecule is CCCc1nc(C(=O)NCCS(=O)(=O)CC)n[nH]1. The zero-order valence-electron chi connectivity index (χ0n) is 10.6. The number of aryl methyl sites for hydroxylation is 1. The fourth-order valence-electron chi connectivity index (χ4n) is 1.29. The first kappa shape index (κ1) is 14.6. The molecule has 0 bridgehead atoms. The van der Waals surface area contributed by atoms with Crippen molar-refractivity contribution in [1.82, 2.24) is 20.5 Å². The fourth-order valence-corrected chi connectivity index (χ4v) is 1.99. The van der Waals surface area contributed by atoms with Crippen LogP contribution in [0.1, 0.15) is 36.7 Å². The van der Waals surface area contributed by atoms with Crippen molar-refractivity contribution < 1.29 is 13.2 Å². The zero-order chi connectivity index (χ0) is 13.6. The number of sulfone groups is 1. The van der Waals surface area contributed by atoms with Gasteiger partial charge >= 0.3 is 0 Å². The Kier molecular flexibility index (Phi) is 5.26. The number of rotatable bonds is 7. The Morgan fingerprint density at radius 1 is 1.39 bits per heavy atom. The van der Waals surface area contributed by atoms with Crippen LogP contribution < -0.4 is 5.32 Å². The molecule has 1 aromatic rings. The molecule has 0 aliphatic rings. The van der Waals surface area contributed by atoms with Crippen molar-refractivity contribution in [1.29, 1.82) is 0 Å². The van der Waals surface area contributed by atoms with E-state index in [1.54, 1.807) is 6.92 Å². The Morgan fingerprint density at radius 2 is 2.11 bits per heavy atom. The predicted molar refractivity (Wildman–Crippen MR) is 67.0 cm³/mol. The molecule has 7 nitrogen and oxygen atoms in total. The summed E-state index contributed by atoms with van der Waals surface area (Å²) in [5.74, 6) is 0.252. The lowest BCUT2D eigenvalue weighted by atomic mass is 10.3. The maximum atomic E-state index is 11.6. The first-order valence-corrected chi connectivity index (χ1v) is 7.70. The monoisotopic (exact) mass is 274 g/mol. The van der Waals surface area contributed by atoms with Gasteiger partial charge in [-0.1, -0.05) is 13.8 Å². The fraction of sp³-hybridized carbons (Fsp3) is 0.700. The molecule has 0 aliphatic heterocycles. The average molecular weight is 274 g/mol. The van der Waals surface area contributed by atoms with Gasteiger partial charge < -0.3 is 5.32 Å². The van der Waals surface area contributed by atoms with Gasteiger partial charge in [-0.15, -0.1) is 5.10 Å². The van der Waals surface area contributed by atoms with Gasteiger partial charge in [0.2, 0.25) is 5.82 Å². The third kappa shape index (κ3) is 4.44. The van der Waals surface area contributed by atoms with Crippen LogP contribution in [0.3, 0.4) is 0 Å². The van der Waals surface area contributed by atoms with Crippen molar-refractivity contribution in [2.45, 2.75) is 26.7 Å². The standard InChI is InChI=1S/C10H18N4O3S/c1-3-5-8-12-9(14-13-8)10(15)11-6-7-18(16,17)4-2/h3-7H2,1-2H3,(H,11,15)(H,12,13,14). The molecule has 18 heavy (non-hydrogen) atoms. The van der Waals surface area contributed by atoms with Gasteiger partial charge in [-0.3, -0.25) is 9.89 Å². The molecular weight excluding hydrogens is 256 g/mol. The molecule has 0 saturated heterocycles. The summed E-state index contributed by atoms with van der Waals surface area (Å²) in [6.45, 7) is 3.65. The number of aromatic amines is 1. The molecule has 0 saturated carbocycles.